The molecule has 0 radical (unpaired) electrons. The van der Waals surface area contributed by atoms with Gasteiger partial charge in [-0.1, -0.05) is 0 Å². The van der Waals surface area contributed by atoms with Gasteiger partial charge in [-0.2, -0.15) is 0 Å². The molecule has 0 amide bonds. The van der Waals surface area contributed by atoms with Crippen molar-refractivity contribution in [3.63, 3.8) is 0 Å². The summed E-state index contributed by atoms with van der Waals surface area (Å²) in [5.41, 5.74) is 0.911. The van der Waals surface area contributed by atoms with Gasteiger partial charge in [-0.05, 0) is 31.2 Å². The highest BCUT2D eigenvalue weighted by Crippen LogP contribution is 2.23. The summed E-state index contributed by atoms with van der Waals surface area (Å²) < 4.78 is 10.2. The van der Waals surface area contributed by atoms with Gasteiger partial charge in [0.25, 0.3) is 0 Å². The average Bonchev–Trinajstić information content (AvgIpc) is 2.56. The molecule has 23 heavy (non-hydrogen) atoms. The van der Waals surface area contributed by atoms with E-state index in [1.165, 1.54) is 0 Å². The predicted molar refractivity (Wildman–Crippen MR) is 79.8 cm³/mol. The lowest BCUT2D eigenvalue weighted by Crippen LogP contribution is -2.60. The summed E-state index contributed by atoms with van der Waals surface area (Å²) in [7, 11) is 0. The summed E-state index contributed by atoms with van der Waals surface area (Å²) >= 11 is 0. The zero-order chi connectivity index (χ0) is 17.0. The molecule has 1 aliphatic rings. The summed E-state index contributed by atoms with van der Waals surface area (Å²) in [6.07, 6.45) is -6.22. The number of benzene rings is 1. The number of hydrogen-bond acceptors (Lipinski definition) is 8. The van der Waals surface area contributed by atoms with Crippen LogP contribution < -0.4 is 5.32 Å². The molecular formula is C15H21NO7. The van der Waals surface area contributed by atoms with Crippen molar-refractivity contribution in [2.75, 3.05) is 18.5 Å². The second-order valence-corrected chi connectivity index (χ2v) is 5.19. The fourth-order valence-electron chi connectivity index (χ4n) is 2.30. The fourth-order valence-corrected chi connectivity index (χ4v) is 2.30. The van der Waals surface area contributed by atoms with Crippen LogP contribution in [0.5, 0.6) is 0 Å². The standard InChI is InChI=1S/C15H21NO7/c1-2-22-15(21)8-3-5-9(6-4-8)16-14-13(20)12(19)11(18)10(7-17)23-14/h3-6,10-14,16-20H,2,7H2,1H3/t10?,11-,12-,13-,14+/m1/s1. The fraction of sp³-hybridized carbons (Fsp3) is 0.533. The smallest absolute Gasteiger partial charge is 0.338 e. The van der Waals surface area contributed by atoms with E-state index < -0.39 is 43.2 Å². The molecule has 0 saturated carbocycles. The number of rotatable bonds is 5. The highest BCUT2D eigenvalue weighted by molar-refractivity contribution is 5.89. The Hall–Kier alpha value is -1.71. The monoisotopic (exact) mass is 327 g/mol. The number of carbonyl (C=O) groups is 1. The van der Waals surface area contributed by atoms with Crippen molar-refractivity contribution in [2.24, 2.45) is 0 Å². The molecule has 128 valence electrons. The van der Waals surface area contributed by atoms with Crippen molar-refractivity contribution in [1.29, 1.82) is 0 Å². The Bertz CT molecular complexity index is 519. The van der Waals surface area contributed by atoms with E-state index in [-0.39, 0.29) is 6.61 Å². The van der Waals surface area contributed by atoms with Crippen LogP contribution in [0.1, 0.15) is 17.3 Å². The summed E-state index contributed by atoms with van der Waals surface area (Å²) in [4.78, 5) is 11.6. The van der Waals surface area contributed by atoms with Crippen LogP contribution in [0.2, 0.25) is 0 Å². The van der Waals surface area contributed by atoms with E-state index in [0.717, 1.165) is 0 Å². The second kappa shape index (κ2) is 7.71. The number of hydrogen-bond donors (Lipinski definition) is 5. The Labute approximate surface area is 133 Å². The molecule has 2 rings (SSSR count). The molecule has 1 heterocycles. The molecule has 1 unspecified atom stereocenters. The Morgan fingerprint density at radius 1 is 1.17 bits per heavy atom. The van der Waals surface area contributed by atoms with E-state index in [1.807, 2.05) is 0 Å². The van der Waals surface area contributed by atoms with Crippen LogP contribution in [0.25, 0.3) is 0 Å². The molecular weight excluding hydrogens is 306 g/mol. The molecule has 5 atom stereocenters. The number of esters is 1. The van der Waals surface area contributed by atoms with Crippen LogP contribution in [-0.2, 0) is 9.47 Å². The molecule has 1 saturated heterocycles. The number of aliphatic hydroxyl groups excluding tert-OH is 4. The van der Waals surface area contributed by atoms with Crippen LogP contribution in [0, 0.1) is 0 Å². The minimum Gasteiger partial charge on any atom is -0.462 e. The molecule has 0 aromatic heterocycles. The SMILES string of the molecule is CCOC(=O)c1ccc(N[C@H]2OC(CO)[C@@H](O)[C@@H](O)[C@H]2O)cc1. The quantitative estimate of drug-likeness (QED) is 0.439. The second-order valence-electron chi connectivity index (χ2n) is 5.19. The summed E-state index contributed by atoms with van der Waals surface area (Å²) in [6, 6.07) is 6.27. The Kier molecular flexibility index (Phi) is 5.91. The molecule has 8 heteroatoms. The van der Waals surface area contributed by atoms with Gasteiger partial charge in [0.05, 0.1) is 18.8 Å². The van der Waals surface area contributed by atoms with Gasteiger partial charge in [0.1, 0.15) is 24.4 Å². The van der Waals surface area contributed by atoms with Crippen LogP contribution in [0.4, 0.5) is 5.69 Å². The Morgan fingerprint density at radius 3 is 2.39 bits per heavy atom. The Balaban J connectivity index is 2.04. The molecule has 0 aliphatic carbocycles. The third kappa shape index (κ3) is 3.98. The first-order valence-electron chi connectivity index (χ1n) is 7.32. The van der Waals surface area contributed by atoms with Gasteiger partial charge >= 0.3 is 5.97 Å². The van der Waals surface area contributed by atoms with Crippen molar-refractivity contribution in [2.45, 2.75) is 37.6 Å². The van der Waals surface area contributed by atoms with Gasteiger partial charge in [0.15, 0.2) is 6.23 Å². The molecule has 0 spiro atoms. The van der Waals surface area contributed by atoms with Gasteiger partial charge < -0.3 is 35.2 Å². The first kappa shape index (κ1) is 17.6. The van der Waals surface area contributed by atoms with Gasteiger partial charge in [-0.3, -0.25) is 0 Å². The van der Waals surface area contributed by atoms with Crippen LogP contribution in [0.15, 0.2) is 24.3 Å². The van der Waals surface area contributed by atoms with Gasteiger partial charge in [-0.15, -0.1) is 0 Å². The normalized spacial score (nSPS) is 30.7. The summed E-state index contributed by atoms with van der Waals surface area (Å²) in [6.45, 7) is 1.50. The van der Waals surface area contributed by atoms with E-state index in [4.69, 9.17) is 14.6 Å². The first-order chi connectivity index (χ1) is 11.0. The minimum atomic E-state index is -1.45. The topological polar surface area (TPSA) is 128 Å². The number of carbonyl (C=O) groups excluding carboxylic acids is 1. The maximum atomic E-state index is 11.6. The van der Waals surface area contributed by atoms with E-state index in [2.05, 4.69) is 5.32 Å². The summed E-state index contributed by atoms with van der Waals surface area (Å²) in [5, 5.41) is 41.4. The van der Waals surface area contributed by atoms with Crippen molar-refractivity contribution in [1.82, 2.24) is 0 Å². The number of aliphatic hydroxyl groups is 4. The molecule has 8 nitrogen and oxygen atoms in total. The predicted octanol–water partition coefficient (Wildman–Crippen LogP) is -0.925. The largest absolute Gasteiger partial charge is 0.462 e. The third-order valence-corrected chi connectivity index (χ3v) is 3.60. The molecule has 1 aromatic carbocycles. The van der Waals surface area contributed by atoms with Crippen LogP contribution in [-0.4, -0.2) is 70.3 Å². The van der Waals surface area contributed by atoms with Crippen molar-refractivity contribution in [3.05, 3.63) is 29.8 Å². The molecule has 1 fully saturated rings. The zero-order valence-corrected chi connectivity index (χ0v) is 12.6. The molecule has 5 N–H and O–H groups in total. The maximum absolute atomic E-state index is 11.6. The van der Waals surface area contributed by atoms with Gasteiger partial charge in [0, 0.05) is 5.69 Å². The van der Waals surface area contributed by atoms with Crippen molar-refractivity contribution >= 4 is 11.7 Å². The molecule has 0 bridgehead atoms. The van der Waals surface area contributed by atoms with Crippen LogP contribution in [0.3, 0.4) is 0 Å². The highest BCUT2D eigenvalue weighted by atomic mass is 16.6. The number of anilines is 1. The van der Waals surface area contributed by atoms with Crippen LogP contribution >= 0.6 is 0 Å². The molecule has 1 aliphatic heterocycles. The number of ether oxygens (including phenoxy) is 2. The maximum Gasteiger partial charge on any atom is 0.338 e. The lowest BCUT2D eigenvalue weighted by molar-refractivity contribution is -0.221. The summed E-state index contributed by atoms with van der Waals surface area (Å²) in [5.74, 6) is -0.438. The van der Waals surface area contributed by atoms with E-state index in [0.29, 0.717) is 11.3 Å². The zero-order valence-electron chi connectivity index (χ0n) is 12.6. The van der Waals surface area contributed by atoms with E-state index in [1.54, 1.807) is 31.2 Å². The van der Waals surface area contributed by atoms with Crippen molar-refractivity contribution in [3.8, 4) is 0 Å². The van der Waals surface area contributed by atoms with E-state index >= 15 is 0 Å². The Morgan fingerprint density at radius 2 is 1.83 bits per heavy atom. The minimum absolute atomic E-state index is 0.281. The third-order valence-electron chi connectivity index (χ3n) is 3.60. The lowest BCUT2D eigenvalue weighted by atomic mass is 9.98. The molecule has 1 aromatic rings. The van der Waals surface area contributed by atoms with Gasteiger partial charge in [-0.25, -0.2) is 4.79 Å². The average molecular weight is 327 g/mol. The first-order valence-corrected chi connectivity index (χ1v) is 7.32. The van der Waals surface area contributed by atoms with E-state index in [9.17, 15) is 20.1 Å². The highest BCUT2D eigenvalue weighted by Gasteiger charge is 2.43. The number of nitrogens with one attached hydrogen (secondary N) is 1. The van der Waals surface area contributed by atoms with Gasteiger partial charge in [0.2, 0.25) is 0 Å². The lowest BCUT2D eigenvalue weighted by Gasteiger charge is -2.40. The van der Waals surface area contributed by atoms with Crippen molar-refractivity contribution < 1.29 is 34.7 Å².